The Morgan fingerprint density at radius 3 is 2.11 bits per heavy atom. The third kappa shape index (κ3) is 4.30. The molecule has 0 aromatic carbocycles. The van der Waals surface area contributed by atoms with Crippen molar-refractivity contribution in [3.05, 3.63) is 10.3 Å². The van der Waals surface area contributed by atoms with Gasteiger partial charge in [-0.2, -0.15) is 0 Å². The summed E-state index contributed by atoms with van der Waals surface area (Å²) in [6.45, 7) is 1.34. The largest absolute Gasteiger partial charge is 0.509 e. The van der Waals surface area contributed by atoms with Gasteiger partial charge in [0, 0.05) is 0 Å². The minimum absolute atomic E-state index is 0.0949. The number of carbonyl (C=O) groups is 1. The molecule has 0 aliphatic carbocycles. The van der Waals surface area contributed by atoms with E-state index in [1.165, 1.54) is 6.92 Å². The number of aliphatic hydroxyl groups is 1. The van der Waals surface area contributed by atoms with Gasteiger partial charge in [-0.1, -0.05) is 23.2 Å². The summed E-state index contributed by atoms with van der Waals surface area (Å²) in [7, 11) is 0. The number of Topliss-reactive ketones (excluding diaryl/α,β-unsaturated/α-hetero) is 1. The number of rotatable bonds is 2. The van der Waals surface area contributed by atoms with Crippen molar-refractivity contribution in [2.24, 2.45) is 0 Å². The van der Waals surface area contributed by atoms with Crippen LogP contribution in [0.1, 0.15) is 13.3 Å². The van der Waals surface area contributed by atoms with E-state index in [9.17, 15) is 4.79 Å². The first-order valence-electron chi connectivity index (χ1n) is 2.26. The van der Waals surface area contributed by atoms with Crippen LogP contribution in [0.3, 0.4) is 0 Å². The van der Waals surface area contributed by atoms with E-state index in [-0.39, 0.29) is 22.5 Å². The summed E-state index contributed by atoms with van der Waals surface area (Å²) < 4.78 is -0.245. The highest BCUT2D eigenvalue weighted by Gasteiger charge is 2.01. The van der Waals surface area contributed by atoms with E-state index in [0.29, 0.717) is 0 Å². The summed E-state index contributed by atoms with van der Waals surface area (Å²) in [4.78, 5) is 10.2. The molecule has 0 saturated carbocycles. The van der Waals surface area contributed by atoms with Gasteiger partial charge in [0.2, 0.25) is 0 Å². The molecule has 0 amide bonds. The monoisotopic (exact) mass is 168 g/mol. The SMILES string of the molecule is CC(=O)CC(O)=C(Cl)Cl. The Balaban J connectivity index is 3.92. The van der Waals surface area contributed by atoms with Gasteiger partial charge in [0.25, 0.3) is 0 Å². The molecule has 0 atom stereocenters. The molecule has 0 heterocycles. The molecule has 0 aliphatic heterocycles. The topological polar surface area (TPSA) is 37.3 Å². The van der Waals surface area contributed by atoms with Crippen LogP contribution in [0.25, 0.3) is 0 Å². The van der Waals surface area contributed by atoms with Crippen molar-refractivity contribution in [3.8, 4) is 0 Å². The molecule has 0 bridgehead atoms. The lowest BCUT2D eigenvalue weighted by Crippen LogP contribution is -1.92. The standard InChI is InChI=1S/C5H6Cl2O2/c1-3(8)2-4(9)5(6)7/h9H,2H2,1H3. The van der Waals surface area contributed by atoms with Crippen LogP contribution >= 0.6 is 23.2 Å². The van der Waals surface area contributed by atoms with Gasteiger partial charge in [0.05, 0.1) is 6.42 Å². The first-order chi connectivity index (χ1) is 4.04. The fourth-order valence-corrected chi connectivity index (χ4v) is 0.436. The second kappa shape index (κ2) is 3.75. The zero-order chi connectivity index (χ0) is 7.44. The fraction of sp³-hybridized carbons (Fsp3) is 0.400. The Morgan fingerprint density at radius 1 is 1.56 bits per heavy atom. The van der Waals surface area contributed by atoms with E-state index >= 15 is 0 Å². The molecule has 0 saturated heterocycles. The van der Waals surface area contributed by atoms with E-state index in [1.54, 1.807) is 0 Å². The lowest BCUT2D eigenvalue weighted by atomic mass is 10.3. The van der Waals surface area contributed by atoms with Crippen molar-refractivity contribution in [1.29, 1.82) is 0 Å². The molecule has 0 spiro atoms. The first kappa shape index (κ1) is 8.79. The number of hydrogen-bond donors (Lipinski definition) is 1. The third-order valence-electron chi connectivity index (χ3n) is 0.635. The maximum atomic E-state index is 10.2. The van der Waals surface area contributed by atoms with Crippen LogP contribution in [0.15, 0.2) is 10.3 Å². The third-order valence-corrected chi connectivity index (χ3v) is 1.07. The van der Waals surface area contributed by atoms with Gasteiger partial charge < -0.3 is 5.11 Å². The minimum Gasteiger partial charge on any atom is -0.509 e. The van der Waals surface area contributed by atoms with E-state index in [2.05, 4.69) is 0 Å². The van der Waals surface area contributed by atoms with E-state index in [0.717, 1.165) is 0 Å². The van der Waals surface area contributed by atoms with Crippen molar-refractivity contribution < 1.29 is 9.90 Å². The second-order valence-corrected chi connectivity index (χ2v) is 2.54. The van der Waals surface area contributed by atoms with Gasteiger partial charge in [-0.25, -0.2) is 0 Å². The zero-order valence-electron chi connectivity index (χ0n) is 4.82. The quantitative estimate of drug-likeness (QED) is 0.643. The molecule has 4 heteroatoms. The van der Waals surface area contributed by atoms with Gasteiger partial charge in [-0.3, -0.25) is 4.79 Å². The summed E-state index contributed by atoms with van der Waals surface area (Å²) in [5.41, 5.74) is 0. The molecule has 0 aromatic heterocycles. The first-order valence-corrected chi connectivity index (χ1v) is 3.02. The van der Waals surface area contributed by atoms with Crippen LogP contribution in [0.2, 0.25) is 0 Å². The van der Waals surface area contributed by atoms with Gasteiger partial charge in [-0.15, -0.1) is 0 Å². The minimum atomic E-state index is -0.272. The zero-order valence-corrected chi connectivity index (χ0v) is 6.33. The molecule has 52 valence electrons. The van der Waals surface area contributed by atoms with Crippen molar-refractivity contribution in [3.63, 3.8) is 0 Å². The molecule has 0 fully saturated rings. The van der Waals surface area contributed by atoms with Crippen LogP contribution < -0.4 is 0 Å². The molecule has 0 aliphatic rings. The summed E-state index contributed by atoms with van der Waals surface area (Å²) in [5, 5.41) is 8.69. The van der Waals surface area contributed by atoms with E-state index in [4.69, 9.17) is 28.3 Å². The van der Waals surface area contributed by atoms with Crippen LogP contribution in [0.5, 0.6) is 0 Å². The van der Waals surface area contributed by atoms with Gasteiger partial charge in [-0.05, 0) is 6.92 Å². The molecular weight excluding hydrogens is 163 g/mol. The Labute approximate surface area is 63.1 Å². The number of hydrogen-bond acceptors (Lipinski definition) is 2. The molecule has 0 unspecified atom stereocenters. The second-order valence-electron chi connectivity index (χ2n) is 1.59. The smallest absolute Gasteiger partial charge is 0.144 e. The Morgan fingerprint density at radius 2 is 2.00 bits per heavy atom. The normalized spacial score (nSPS) is 8.78. The molecule has 0 radical (unpaired) electrons. The Bertz CT molecular complexity index is 147. The van der Waals surface area contributed by atoms with Crippen LogP contribution in [0, 0.1) is 0 Å². The summed E-state index contributed by atoms with van der Waals surface area (Å²) in [5.74, 6) is -0.447. The summed E-state index contributed by atoms with van der Waals surface area (Å²) in [6.07, 6.45) is -0.0949. The average Bonchev–Trinajstić information content (AvgIpc) is 1.63. The lowest BCUT2D eigenvalue weighted by Gasteiger charge is -1.92. The predicted molar refractivity (Wildman–Crippen MR) is 36.7 cm³/mol. The summed E-state index contributed by atoms with van der Waals surface area (Å²) >= 11 is 10.2. The fourth-order valence-electron chi connectivity index (χ4n) is 0.303. The van der Waals surface area contributed by atoms with Crippen molar-refractivity contribution >= 4 is 29.0 Å². The Hall–Kier alpha value is -0.210. The number of ketones is 1. The van der Waals surface area contributed by atoms with Gasteiger partial charge >= 0.3 is 0 Å². The average molecular weight is 169 g/mol. The molecule has 9 heavy (non-hydrogen) atoms. The maximum Gasteiger partial charge on any atom is 0.144 e. The van der Waals surface area contributed by atoms with Crippen molar-refractivity contribution in [1.82, 2.24) is 0 Å². The number of carbonyl (C=O) groups excluding carboxylic acids is 1. The van der Waals surface area contributed by atoms with E-state index in [1.807, 2.05) is 0 Å². The van der Waals surface area contributed by atoms with Crippen LogP contribution in [0.4, 0.5) is 0 Å². The van der Waals surface area contributed by atoms with Crippen molar-refractivity contribution in [2.75, 3.05) is 0 Å². The van der Waals surface area contributed by atoms with E-state index < -0.39 is 0 Å². The Kier molecular flexibility index (Phi) is 3.66. The lowest BCUT2D eigenvalue weighted by molar-refractivity contribution is -0.116. The van der Waals surface area contributed by atoms with Crippen LogP contribution in [-0.2, 0) is 4.79 Å². The number of aliphatic hydroxyl groups excluding tert-OH is 1. The predicted octanol–water partition coefficient (Wildman–Crippen LogP) is 2.17. The molecule has 2 nitrogen and oxygen atoms in total. The molecular formula is C5H6Cl2O2. The summed E-state index contributed by atoms with van der Waals surface area (Å²) in [6, 6.07) is 0. The molecule has 0 rings (SSSR count). The van der Waals surface area contributed by atoms with Crippen molar-refractivity contribution in [2.45, 2.75) is 13.3 Å². The van der Waals surface area contributed by atoms with Gasteiger partial charge in [0.15, 0.2) is 0 Å². The number of halogens is 2. The van der Waals surface area contributed by atoms with Gasteiger partial charge in [0.1, 0.15) is 16.0 Å². The highest BCUT2D eigenvalue weighted by atomic mass is 35.5. The molecule has 1 N–H and O–H groups in total. The maximum absolute atomic E-state index is 10.2. The van der Waals surface area contributed by atoms with Crippen LogP contribution in [-0.4, -0.2) is 10.9 Å². The highest BCUT2D eigenvalue weighted by Crippen LogP contribution is 2.14. The number of allylic oxidation sites excluding steroid dienone is 1. The highest BCUT2D eigenvalue weighted by molar-refractivity contribution is 6.56. The molecule has 0 aromatic rings.